The minimum atomic E-state index is 0.939. The molecule has 4 heterocycles. The third-order valence-corrected chi connectivity index (χ3v) is 9.60. The lowest BCUT2D eigenvalue weighted by molar-refractivity contribution is 1.16. The number of fused-ring (bicyclic) bond motifs is 7. The minimum absolute atomic E-state index is 0.939. The smallest absolute Gasteiger partial charge is 0.0985 e. The molecule has 0 aliphatic carbocycles. The molecule has 0 aliphatic rings. The molecule has 206 valence electrons. The van der Waals surface area contributed by atoms with Gasteiger partial charge in [0.15, 0.2) is 0 Å². The Hall–Kier alpha value is -5.58. The first-order valence-corrected chi connectivity index (χ1v) is 15.6. The first-order valence-electron chi connectivity index (χ1n) is 14.8. The van der Waals surface area contributed by atoms with Crippen molar-refractivity contribution in [3.8, 4) is 39.5 Å². The van der Waals surface area contributed by atoms with Crippen molar-refractivity contribution in [2.45, 2.75) is 0 Å². The van der Waals surface area contributed by atoms with Crippen LogP contribution in [0.25, 0.3) is 81.6 Å². The van der Waals surface area contributed by atoms with Crippen molar-refractivity contribution < 1.29 is 0 Å². The number of benzene rings is 5. The average molecular weight is 580 g/mol. The van der Waals surface area contributed by atoms with E-state index in [4.69, 9.17) is 9.97 Å². The van der Waals surface area contributed by atoms with Gasteiger partial charge >= 0.3 is 0 Å². The summed E-state index contributed by atoms with van der Waals surface area (Å²) >= 11 is 1.85. The first kappa shape index (κ1) is 25.0. The lowest BCUT2D eigenvalue weighted by Crippen LogP contribution is -1.98. The highest BCUT2D eigenvalue weighted by molar-refractivity contribution is 7.26. The normalized spacial score (nSPS) is 11.6. The van der Waals surface area contributed by atoms with E-state index < -0.39 is 0 Å². The van der Waals surface area contributed by atoms with Crippen molar-refractivity contribution >= 4 is 53.4 Å². The zero-order valence-corrected chi connectivity index (χ0v) is 24.5. The van der Waals surface area contributed by atoms with E-state index in [-0.39, 0.29) is 0 Å². The average Bonchev–Trinajstić information content (AvgIpc) is 3.64. The summed E-state index contributed by atoms with van der Waals surface area (Å²) in [6.07, 6.45) is 0. The van der Waals surface area contributed by atoms with E-state index >= 15 is 0 Å². The maximum atomic E-state index is 5.37. The SMILES string of the molecule is c1ccc(-c2cc(-n3c4ccc(-c5ccccc5)nc4c4c5sc6ccccc6c5ccc43)cc(-c3ccccc3)n2)cc1. The standard InChI is InChI=1S/C40H25N3S/c1-4-12-26(13-5-1)32-21-23-36-39(42-32)38-35(22-20-31-30-18-10-11-19-37(30)44-40(31)38)43(36)29-24-33(27-14-6-2-7-15-27)41-34(25-29)28-16-8-3-9-17-28/h1-25H. The van der Waals surface area contributed by atoms with E-state index in [9.17, 15) is 0 Å². The van der Waals surface area contributed by atoms with Gasteiger partial charge < -0.3 is 4.57 Å². The summed E-state index contributed by atoms with van der Waals surface area (Å²) in [7, 11) is 0. The molecule has 0 radical (unpaired) electrons. The molecule has 44 heavy (non-hydrogen) atoms. The monoisotopic (exact) mass is 579 g/mol. The van der Waals surface area contributed by atoms with Gasteiger partial charge in [0.05, 0.1) is 39.3 Å². The second-order valence-electron chi connectivity index (χ2n) is 11.0. The zero-order valence-electron chi connectivity index (χ0n) is 23.7. The van der Waals surface area contributed by atoms with E-state index in [0.717, 1.165) is 56.0 Å². The number of hydrogen-bond acceptors (Lipinski definition) is 3. The highest BCUT2D eigenvalue weighted by Crippen LogP contribution is 2.43. The Morgan fingerprint density at radius 1 is 0.455 bits per heavy atom. The van der Waals surface area contributed by atoms with Gasteiger partial charge in [-0.3, -0.25) is 0 Å². The molecule has 9 aromatic rings. The predicted octanol–water partition coefficient (Wildman–Crippen LogP) is 10.9. The summed E-state index contributed by atoms with van der Waals surface area (Å²) in [5.41, 5.74) is 10.4. The van der Waals surface area contributed by atoms with Gasteiger partial charge in [-0.05, 0) is 36.4 Å². The van der Waals surface area contributed by atoms with Gasteiger partial charge in [-0.1, -0.05) is 115 Å². The summed E-state index contributed by atoms with van der Waals surface area (Å²) in [4.78, 5) is 10.5. The molecule has 4 heteroatoms. The topological polar surface area (TPSA) is 30.7 Å². The molecule has 9 rings (SSSR count). The fraction of sp³-hybridized carbons (Fsp3) is 0. The second-order valence-corrected chi connectivity index (χ2v) is 12.1. The van der Waals surface area contributed by atoms with Crippen LogP contribution in [0, 0.1) is 0 Å². The molecule has 0 atom stereocenters. The Morgan fingerprint density at radius 3 is 1.68 bits per heavy atom. The van der Waals surface area contributed by atoms with Crippen LogP contribution >= 0.6 is 11.3 Å². The molecule has 0 bridgehead atoms. The number of thiophene rings is 1. The quantitative estimate of drug-likeness (QED) is 0.208. The van der Waals surface area contributed by atoms with Crippen LogP contribution in [0.5, 0.6) is 0 Å². The van der Waals surface area contributed by atoms with Crippen molar-refractivity contribution in [2.24, 2.45) is 0 Å². The molecule has 4 aromatic heterocycles. The van der Waals surface area contributed by atoms with Crippen molar-refractivity contribution in [3.05, 3.63) is 152 Å². The highest BCUT2D eigenvalue weighted by atomic mass is 32.1. The van der Waals surface area contributed by atoms with E-state index in [1.165, 1.54) is 25.6 Å². The maximum absolute atomic E-state index is 5.37. The van der Waals surface area contributed by atoms with Crippen molar-refractivity contribution in [3.63, 3.8) is 0 Å². The van der Waals surface area contributed by atoms with Crippen LogP contribution in [-0.2, 0) is 0 Å². The van der Waals surface area contributed by atoms with E-state index in [2.05, 4.69) is 138 Å². The molecule has 5 aromatic carbocycles. The molecule has 0 fully saturated rings. The number of hydrogen-bond donors (Lipinski definition) is 0. The molecule has 0 saturated heterocycles. The molecular formula is C40H25N3S. The molecular weight excluding hydrogens is 555 g/mol. The lowest BCUT2D eigenvalue weighted by atomic mass is 10.1. The molecule has 0 spiro atoms. The number of nitrogens with zero attached hydrogens (tertiary/aromatic N) is 3. The Balaban J connectivity index is 1.40. The Bertz CT molecular complexity index is 2420. The Kier molecular flexibility index (Phi) is 5.68. The first-order chi connectivity index (χ1) is 21.8. The number of aromatic nitrogens is 3. The van der Waals surface area contributed by atoms with Gasteiger partial charge in [0.2, 0.25) is 0 Å². The maximum Gasteiger partial charge on any atom is 0.0985 e. The van der Waals surface area contributed by atoms with Gasteiger partial charge in [0, 0.05) is 42.2 Å². The van der Waals surface area contributed by atoms with Crippen LogP contribution in [0.4, 0.5) is 0 Å². The van der Waals surface area contributed by atoms with Gasteiger partial charge in [0.25, 0.3) is 0 Å². The van der Waals surface area contributed by atoms with Gasteiger partial charge in [-0.15, -0.1) is 11.3 Å². The third-order valence-electron chi connectivity index (χ3n) is 8.39. The summed E-state index contributed by atoms with van der Waals surface area (Å²) in [6, 6.07) is 53.4. The lowest BCUT2D eigenvalue weighted by Gasteiger charge is -2.13. The molecule has 3 nitrogen and oxygen atoms in total. The van der Waals surface area contributed by atoms with Crippen molar-refractivity contribution in [2.75, 3.05) is 0 Å². The van der Waals surface area contributed by atoms with E-state index in [0.29, 0.717) is 0 Å². The largest absolute Gasteiger partial charge is 0.307 e. The zero-order chi connectivity index (χ0) is 29.0. The Labute approximate surface area is 258 Å². The molecule has 0 unspecified atom stereocenters. The molecule has 0 amide bonds. The van der Waals surface area contributed by atoms with Crippen LogP contribution in [-0.4, -0.2) is 14.5 Å². The molecule has 0 saturated carbocycles. The minimum Gasteiger partial charge on any atom is -0.307 e. The highest BCUT2D eigenvalue weighted by Gasteiger charge is 2.20. The van der Waals surface area contributed by atoms with Crippen LogP contribution in [0.1, 0.15) is 0 Å². The van der Waals surface area contributed by atoms with Crippen LogP contribution < -0.4 is 0 Å². The van der Waals surface area contributed by atoms with Gasteiger partial charge in [0.1, 0.15) is 0 Å². The summed E-state index contributed by atoms with van der Waals surface area (Å²) in [5.74, 6) is 0. The number of rotatable bonds is 4. The number of pyridine rings is 2. The Morgan fingerprint density at radius 2 is 1.02 bits per heavy atom. The van der Waals surface area contributed by atoms with Crippen molar-refractivity contribution in [1.29, 1.82) is 0 Å². The predicted molar refractivity (Wildman–Crippen MR) is 186 cm³/mol. The van der Waals surface area contributed by atoms with Crippen molar-refractivity contribution in [1.82, 2.24) is 14.5 Å². The van der Waals surface area contributed by atoms with E-state index in [1.807, 2.05) is 29.5 Å². The third kappa shape index (κ3) is 3.96. The van der Waals surface area contributed by atoms with Gasteiger partial charge in [-0.2, -0.15) is 0 Å². The fourth-order valence-corrected chi connectivity index (χ4v) is 7.59. The van der Waals surface area contributed by atoms with Crippen LogP contribution in [0.3, 0.4) is 0 Å². The van der Waals surface area contributed by atoms with Crippen LogP contribution in [0.15, 0.2) is 152 Å². The van der Waals surface area contributed by atoms with E-state index in [1.54, 1.807) is 0 Å². The fourth-order valence-electron chi connectivity index (χ4n) is 6.35. The summed E-state index contributed by atoms with van der Waals surface area (Å²) < 4.78 is 4.93. The second kappa shape index (κ2) is 10.0. The molecule has 0 aliphatic heterocycles. The molecule has 0 N–H and O–H groups in total. The van der Waals surface area contributed by atoms with Gasteiger partial charge in [-0.25, -0.2) is 9.97 Å². The summed E-state index contributed by atoms with van der Waals surface area (Å²) in [6.45, 7) is 0. The summed E-state index contributed by atoms with van der Waals surface area (Å²) in [5, 5.41) is 3.75. The van der Waals surface area contributed by atoms with Crippen LogP contribution in [0.2, 0.25) is 0 Å².